The van der Waals surface area contributed by atoms with Gasteiger partial charge in [0.15, 0.2) is 0 Å². The van der Waals surface area contributed by atoms with Gasteiger partial charge in [0.25, 0.3) is 0 Å². The van der Waals surface area contributed by atoms with E-state index in [2.05, 4.69) is 45.0 Å². The zero-order valence-corrected chi connectivity index (χ0v) is 11.3. The summed E-state index contributed by atoms with van der Waals surface area (Å²) in [5.74, 6) is 0.965. The Morgan fingerprint density at radius 1 is 1.00 bits per heavy atom. The molecule has 0 aliphatic carbocycles. The Balaban J connectivity index is 2.55. The summed E-state index contributed by atoms with van der Waals surface area (Å²) in [6.45, 7) is 6.43. The van der Waals surface area contributed by atoms with E-state index in [1.165, 1.54) is 5.56 Å². The summed E-state index contributed by atoms with van der Waals surface area (Å²) in [7, 11) is 0. The van der Waals surface area contributed by atoms with Crippen LogP contribution in [0.5, 0.6) is 5.75 Å². The average molecular weight is 235 g/mol. The van der Waals surface area contributed by atoms with Gasteiger partial charge in [-0.15, -0.1) is 0 Å². The summed E-state index contributed by atoms with van der Waals surface area (Å²) in [6, 6.07) is 8.60. The molecule has 1 aromatic carbocycles. The van der Waals surface area contributed by atoms with Crippen LogP contribution in [0.3, 0.4) is 0 Å². The molecule has 2 heteroatoms. The molecule has 96 valence electrons. The van der Waals surface area contributed by atoms with E-state index in [-0.39, 0.29) is 6.04 Å². The molecule has 17 heavy (non-hydrogen) atoms. The van der Waals surface area contributed by atoms with Gasteiger partial charge < -0.3 is 10.5 Å². The van der Waals surface area contributed by atoms with Crippen LogP contribution in [-0.2, 0) is 6.42 Å². The maximum atomic E-state index is 5.94. The predicted molar refractivity (Wildman–Crippen MR) is 73.4 cm³/mol. The van der Waals surface area contributed by atoms with Gasteiger partial charge in [-0.05, 0) is 43.4 Å². The summed E-state index contributed by atoms with van der Waals surface area (Å²) in [5, 5.41) is 0. The molecular formula is C15H25NO. The maximum Gasteiger partial charge on any atom is 0.119 e. The van der Waals surface area contributed by atoms with Crippen molar-refractivity contribution >= 4 is 0 Å². The zero-order valence-electron chi connectivity index (χ0n) is 11.3. The second-order valence-electron chi connectivity index (χ2n) is 4.57. The van der Waals surface area contributed by atoms with Gasteiger partial charge in [-0.1, -0.05) is 32.9 Å². The Kier molecular flexibility index (Phi) is 6.06. The fourth-order valence-corrected chi connectivity index (χ4v) is 1.80. The number of rotatable bonds is 7. The van der Waals surface area contributed by atoms with Crippen molar-refractivity contribution in [3.63, 3.8) is 0 Å². The first-order valence-electron chi connectivity index (χ1n) is 6.70. The Labute approximate surface area is 105 Å². The number of hydrogen-bond acceptors (Lipinski definition) is 2. The molecular weight excluding hydrogens is 210 g/mol. The van der Waals surface area contributed by atoms with Crippen molar-refractivity contribution in [3.8, 4) is 5.75 Å². The van der Waals surface area contributed by atoms with Gasteiger partial charge >= 0.3 is 0 Å². The molecule has 1 atom stereocenters. The van der Waals surface area contributed by atoms with Gasteiger partial charge in [0.05, 0.1) is 6.10 Å². The summed E-state index contributed by atoms with van der Waals surface area (Å²) < 4.78 is 5.87. The molecule has 0 aliphatic heterocycles. The van der Waals surface area contributed by atoms with Crippen molar-refractivity contribution in [2.75, 3.05) is 0 Å². The van der Waals surface area contributed by atoms with Gasteiger partial charge in [0.1, 0.15) is 5.75 Å². The lowest BCUT2D eigenvalue weighted by Gasteiger charge is -2.16. The van der Waals surface area contributed by atoms with E-state index in [0.29, 0.717) is 6.10 Å². The van der Waals surface area contributed by atoms with E-state index in [9.17, 15) is 0 Å². The van der Waals surface area contributed by atoms with Crippen LogP contribution in [-0.4, -0.2) is 12.1 Å². The minimum atomic E-state index is 0.265. The molecule has 0 saturated carbocycles. The molecule has 1 unspecified atom stereocenters. The third-order valence-electron chi connectivity index (χ3n) is 3.16. The molecule has 0 spiro atoms. The molecule has 0 amide bonds. The molecule has 2 nitrogen and oxygen atoms in total. The highest BCUT2D eigenvalue weighted by molar-refractivity contribution is 5.28. The van der Waals surface area contributed by atoms with Crippen molar-refractivity contribution in [1.82, 2.24) is 0 Å². The van der Waals surface area contributed by atoms with Gasteiger partial charge in [-0.3, -0.25) is 0 Å². The van der Waals surface area contributed by atoms with Crippen LogP contribution >= 0.6 is 0 Å². The standard InChI is InChI=1S/C15H25NO/c1-4-13(16)11-12-7-9-15(10-8-12)17-14(5-2)6-3/h7-10,13-14H,4-6,11,16H2,1-3H3. The molecule has 0 radical (unpaired) electrons. The summed E-state index contributed by atoms with van der Waals surface area (Å²) >= 11 is 0. The first-order valence-corrected chi connectivity index (χ1v) is 6.70. The number of hydrogen-bond donors (Lipinski definition) is 1. The predicted octanol–water partition coefficient (Wildman–Crippen LogP) is 3.53. The lowest BCUT2D eigenvalue weighted by molar-refractivity contribution is 0.193. The van der Waals surface area contributed by atoms with Crippen LogP contribution in [0, 0.1) is 0 Å². The molecule has 1 rings (SSSR count). The topological polar surface area (TPSA) is 35.2 Å². The van der Waals surface area contributed by atoms with Crippen LogP contribution in [0.2, 0.25) is 0 Å². The Morgan fingerprint density at radius 3 is 2.06 bits per heavy atom. The van der Waals surface area contributed by atoms with Crippen molar-refractivity contribution in [1.29, 1.82) is 0 Å². The highest BCUT2D eigenvalue weighted by Crippen LogP contribution is 2.17. The SMILES string of the molecule is CCC(N)Cc1ccc(OC(CC)CC)cc1. The van der Waals surface area contributed by atoms with Crippen LogP contribution in [0.25, 0.3) is 0 Å². The third kappa shape index (κ3) is 4.78. The monoisotopic (exact) mass is 235 g/mol. The van der Waals surface area contributed by atoms with Crippen LogP contribution in [0.1, 0.15) is 45.6 Å². The maximum absolute atomic E-state index is 5.94. The van der Waals surface area contributed by atoms with E-state index < -0.39 is 0 Å². The van der Waals surface area contributed by atoms with E-state index in [1.807, 2.05) is 0 Å². The Hall–Kier alpha value is -1.02. The zero-order chi connectivity index (χ0) is 12.7. The lowest BCUT2D eigenvalue weighted by atomic mass is 10.0. The van der Waals surface area contributed by atoms with E-state index in [0.717, 1.165) is 31.4 Å². The number of nitrogens with two attached hydrogens (primary N) is 1. The smallest absolute Gasteiger partial charge is 0.119 e. The quantitative estimate of drug-likeness (QED) is 0.784. The first kappa shape index (κ1) is 14.0. The summed E-state index contributed by atoms with van der Waals surface area (Å²) in [5.41, 5.74) is 7.22. The van der Waals surface area contributed by atoms with Crippen LogP contribution in [0.4, 0.5) is 0 Å². The van der Waals surface area contributed by atoms with Gasteiger partial charge in [-0.25, -0.2) is 0 Å². The molecule has 0 bridgehead atoms. The second-order valence-corrected chi connectivity index (χ2v) is 4.57. The Morgan fingerprint density at radius 2 is 1.59 bits per heavy atom. The van der Waals surface area contributed by atoms with Gasteiger partial charge in [0.2, 0.25) is 0 Å². The minimum Gasteiger partial charge on any atom is -0.490 e. The first-order chi connectivity index (χ1) is 8.19. The van der Waals surface area contributed by atoms with Crippen molar-refractivity contribution in [3.05, 3.63) is 29.8 Å². The average Bonchev–Trinajstić information content (AvgIpc) is 2.37. The highest BCUT2D eigenvalue weighted by Gasteiger charge is 2.05. The lowest BCUT2D eigenvalue weighted by Crippen LogP contribution is -2.21. The van der Waals surface area contributed by atoms with Crippen molar-refractivity contribution < 1.29 is 4.74 Å². The molecule has 0 fully saturated rings. The number of ether oxygens (including phenoxy) is 1. The fourth-order valence-electron chi connectivity index (χ4n) is 1.80. The van der Waals surface area contributed by atoms with Crippen LogP contribution < -0.4 is 10.5 Å². The van der Waals surface area contributed by atoms with E-state index in [1.54, 1.807) is 0 Å². The summed E-state index contributed by atoms with van der Waals surface area (Å²) in [4.78, 5) is 0. The molecule has 0 saturated heterocycles. The third-order valence-corrected chi connectivity index (χ3v) is 3.16. The Bertz CT molecular complexity index is 303. The van der Waals surface area contributed by atoms with Gasteiger partial charge in [-0.2, -0.15) is 0 Å². The largest absolute Gasteiger partial charge is 0.490 e. The van der Waals surface area contributed by atoms with E-state index >= 15 is 0 Å². The normalized spacial score (nSPS) is 12.8. The number of benzene rings is 1. The van der Waals surface area contributed by atoms with Crippen LogP contribution in [0.15, 0.2) is 24.3 Å². The van der Waals surface area contributed by atoms with E-state index in [4.69, 9.17) is 10.5 Å². The highest BCUT2D eigenvalue weighted by atomic mass is 16.5. The van der Waals surface area contributed by atoms with Gasteiger partial charge in [0, 0.05) is 6.04 Å². The summed E-state index contributed by atoms with van der Waals surface area (Å²) in [6.07, 6.45) is 4.41. The molecule has 0 aliphatic rings. The fraction of sp³-hybridized carbons (Fsp3) is 0.600. The second kappa shape index (κ2) is 7.33. The molecule has 1 aromatic rings. The minimum absolute atomic E-state index is 0.265. The molecule has 2 N–H and O–H groups in total. The van der Waals surface area contributed by atoms with Crippen molar-refractivity contribution in [2.24, 2.45) is 5.73 Å². The van der Waals surface area contributed by atoms with Crippen molar-refractivity contribution in [2.45, 2.75) is 58.6 Å². The molecule has 0 heterocycles. The molecule has 0 aromatic heterocycles.